The van der Waals surface area contributed by atoms with E-state index >= 15 is 0 Å². The molecule has 172 valence electrons. The average molecular weight is 479 g/mol. The number of likely N-dealkylation sites (N-methyl/N-ethyl adjacent to an activating group) is 1. The summed E-state index contributed by atoms with van der Waals surface area (Å²) >= 11 is 6.81. The molecule has 11 heteroatoms. The SMILES string of the molecule is CN(C)CCNC(=O)CC1CCN(C(=O)c2nnc(C(=O)Nc3ccc(Cl)cc3)s2)CC1. The van der Waals surface area contributed by atoms with Crippen molar-refractivity contribution in [2.24, 2.45) is 5.92 Å². The van der Waals surface area contributed by atoms with Crippen LogP contribution in [0.2, 0.25) is 5.02 Å². The number of hydrogen-bond donors (Lipinski definition) is 2. The van der Waals surface area contributed by atoms with E-state index in [4.69, 9.17) is 11.6 Å². The second kappa shape index (κ2) is 11.3. The molecule has 2 heterocycles. The minimum atomic E-state index is -0.428. The zero-order chi connectivity index (χ0) is 23.1. The van der Waals surface area contributed by atoms with Gasteiger partial charge in [0.25, 0.3) is 11.8 Å². The zero-order valence-corrected chi connectivity index (χ0v) is 19.7. The molecule has 9 nitrogen and oxygen atoms in total. The first-order valence-electron chi connectivity index (χ1n) is 10.4. The topological polar surface area (TPSA) is 108 Å². The summed E-state index contributed by atoms with van der Waals surface area (Å²) in [4.78, 5) is 40.9. The van der Waals surface area contributed by atoms with Crippen LogP contribution in [0.25, 0.3) is 0 Å². The van der Waals surface area contributed by atoms with E-state index in [0.29, 0.717) is 36.8 Å². The molecule has 2 aromatic rings. The molecule has 0 unspecified atom stereocenters. The van der Waals surface area contributed by atoms with Gasteiger partial charge in [-0.25, -0.2) is 0 Å². The molecule has 32 heavy (non-hydrogen) atoms. The number of aromatic nitrogens is 2. The molecule has 0 bridgehead atoms. The molecule has 1 saturated heterocycles. The first-order chi connectivity index (χ1) is 15.3. The van der Waals surface area contributed by atoms with Crippen LogP contribution in [0, 0.1) is 5.92 Å². The number of carbonyl (C=O) groups is 3. The predicted octanol–water partition coefficient (Wildman–Crippen LogP) is 2.36. The highest BCUT2D eigenvalue weighted by Crippen LogP contribution is 2.23. The molecule has 1 aromatic carbocycles. The Morgan fingerprint density at radius 1 is 1.12 bits per heavy atom. The van der Waals surface area contributed by atoms with Gasteiger partial charge in [-0.1, -0.05) is 22.9 Å². The Hall–Kier alpha value is -2.56. The standard InChI is InChI=1S/C21H27ClN6O3S/c1-27(2)12-9-23-17(29)13-14-7-10-28(11-8-14)21(31)20-26-25-19(32-20)18(30)24-16-5-3-15(22)4-6-16/h3-6,14H,7-13H2,1-2H3,(H,23,29)(H,24,30). The maximum absolute atomic E-state index is 12.8. The lowest BCUT2D eigenvalue weighted by molar-refractivity contribution is -0.122. The molecule has 0 saturated carbocycles. The summed E-state index contributed by atoms with van der Waals surface area (Å²) in [5.74, 6) is -0.351. The Morgan fingerprint density at radius 3 is 2.44 bits per heavy atom. The number of amides is 3. The largest absolute Gasteiger partial charge is 0.355 e. The number of piperidine rings is 1. The number of likely N-dealkylation sites (tertiary alicyclic amines) is 1. The number of hydrogen-bond acceptors (Lipinski definition) is 7. The van der Waals surface area contributed by atoms with Gasteiger partial charge in [0.2, 0.25) is 15.9 Å². The summed E-state index contributed by atoms with van der Waals surface area (Å²) in [5, 5.41) is 14.3. The van der Waals surface area contributed by atoms with E-state index in [1.165, 1.54) is 0 Å². The molecular weight excluding hydrogens is 452 g/mol. The van der Waals surface area contributed by atoms with Gasteiger partial charge in [0.15, 0.2) is 0 Å². The lowest BCUT2D eigenvalue weighted by atomic mass is 9.93. The third kappa shape index (κ3) is 6.98. The van der Waals surface area contributed by atoms with E-state index in [1.807, 2.05) is 19.0 Å². The molecule has 0 radical (unpaired) electrons. The van der Waals surface area contributed by atoms with Crippen molar-refractivity contribution in [1.82, 2.24) is 25.3 Å². The van der Waals surface area contributed by atoms with Crippen molar-refractivity contribution in [2.45, 2.75) is 19.3 Å². The Morgan fingerprint density at radius 2 is 1.78 bits per heavy atom. The number of rotatable bonds is 8. The number of halogens is 1. The molecule has 0 aliphatic carbocycles. The highest BCUT2D eigenvalue weighted by Gasteiger charge is 2.27. The minimum absolute atomic E-state index is 0.0529. The van der Waals surface area contributed by atoms with Crippen LogP contribution in [-0.4, -0.2) is 78.0 Å². The second-order valence-corrected chi connectivity index (χ2v) is 9.38. The maximum Gasteiger partial charge on any atom is 0.286 e. The summed E-state index contributed by atoms with van der Waals surface area (Å²) in [7, 11) is 3.93. The van der Waals surface area contributed by atoms with E-state index < -0.39 is 5.91 Å². The fourth-order valence-electron chi connectivity index (χ4n) is 3.35. The molecule has 1 fully saturated rings. The van der Waals surface area contributed by atoms with Crippen LogP contribution in [0.3, 0.4) is 0 Å². The molecular formula is C21H27ClN6O3S. The molecule has 3 amide bonds. The summed E-state index contributed by atoms with van der Waals surface area (Å²) in [5.41, 5.74) is 0.579. The molecule has 1 aliphatic heterocycles. The number of benzene rings is 1. The van der Waals surface area contributed by atoms with Crippen molar-refractivity contribution in [3.63, 3.8) is 0 Å². The fraction of sp³-hybridized carbons (Fsp3) is 0.476. The Labute approximate surface area is 196 Å². The first-order valence-corrected chi connectivity index (χ1v) is 11.6. The van der Waals surface area contributed by atoms with E-state index in [2.05, 4.69) is 20.8 Å². The molecule has 1 aromatic heterocycles. The third-order valence-electron chi connectivity index (χ3n) is 5.16. The van der Waals surface area contributed by atoms with Gasteiger partial charge < -0.3 is 20.4 Å². The van der Waals surface area contributed by atoms with Gasteiger partial charge in [-0.15, -0.1) is 10.2 Å². The molecule has 0 spiro atoms. The number of anilines is 1. The van der Waals surface area contributed by atoms with Gasteiger partial charge in [-0.2, -0.15) is 0 Å². The van der Waals surface area contributed by atoms with Gasteiger partial charge in [0.1, 0.15) is 0 Å². The van der Waals surface area contributed by atoms with Crippen LogP contribution >= 0.6 is 22.9 Å². The van der Waals surface area contributed by atoms with E-state index in [1.54, 1.807) is 29.2 Å². The van der Waals surface area contributed by atoms with E-state index in [9.17, 15) is 14.4 Å². The Bertz CT molecular complexity index is 941. The van der Waals surface area contributed by atoms with Crippen molar-refractivity contribution in [2.75, 3.05) is 45.6 Å². The molecule has 1 aliphatic rings. The minimum Gasteiger partial charge on any atom is -0.355 e. The number of nitrogens with zero attached hydrogens (tertiary/aromatic N) is 4. The van der Waals surface area contributed by atoms with Crippen LogP contribution in [0.5, 0.6) is 0 Å². The highest BCUT2D eigenvalue weighted by atomic mass is 35.5. The maximum atomic E-state index is 12.8. The number of carbonyl (C=O) groups excluding carboxylic acids is 3. The molecule has 0 atom stereocenters. The quantitative estimate of drug-likeness (QED) is 0.603. The lowest BCUT2D eigenvalue weighted by Gasteiger charge is -2.31. The van der Waals surface area contributed by atoms with Crippen LogP contribution in [0.1, 0.15) is 38.9 Å². The fourth-order valence-corrected chi connectivity index (χ4v) is 4.18. The summed E-state index contributed by atoms with van der Waals surface area (Å²) in [6.07, 6.45) is 1.99. The van der Waals surface area contributed by atoms with Crippen molar-refractivity contribution < 1.29 is 14.4 Å². The van der Waals surface area contributed by atoms with E-state index in [-0.39, 0.29) is 27.7 Å². The van der Waals surface area contributed by atoms with Crippen molar-refractivity contribution in [1.29, 1.82) is 0 Å². The summed E-state index contributed by atoms with van der Waals surface area (Å²) < 4.78 is 0. The van der Waals surface area contributed by atoms with Gasteiger partial charge in [0.05, 0.1) is 0 Å². The van der Waals surface area contributed by atoms with Crippen molar-refractivity contribution in [3.8, 4) is 0 Å². The summed E-state index contributed by atoms with van der Waals surface area (Å²) in [6, 6.07) is 6.70. The normalized spacial score (nSPS) is 14.4. The zero-order valence-electron chi connectivity index (χ0n) is 18.1. The second-order valence-electron chi connectivity index (χ2n) is 7.97. The van der Waals surface area contributed by atoms with Crippen LogP contribution in [-0.2, 0) is 4.79 Å². The van der Waals surface area contributed by atoms with Crippen LogP contribution in [0.15, 0.2) is 24.3 Å². The van der Waals surface area contributed by atoms with Gasteiger partial charge in [0, 0.05) is 43.3 Å². The first kappa shape index (κ1) is 24.1. The Kier molecular flexibility index (Phi) is 8.54. The third-order valence-corrected chi connectivity index (χ3v) is 6.32. The highest BCUT2D eigenvalue weighted by molar-refractivity contribution is 7.15. The Balaban J connectivity index is 1.46. The van der Waals surface area contributed by atoms with Gasteiger partial charge in [-0.3, -0.25) is 14.4 Å². The van der Waals surface area contributed by atoms with E-state index in [0.717, 1.165) is 30.7 Å². The number of nitrogens with one attached hydrogen (secondary N) is 2. The van der Waals surface area contributed by atoms with Crippen LogP contribution in [0.4, 0.5) is 5.69 Å². The van der Waals surface area contributed by atoms with Gasteiger partial charge >= 0.3 is 0 Å². The smallest absolute Gasteiger partial charge is 0.286 e. The lowest BCUT2D eigenvalue weighted by Crippen LogP contribution is -2.40. The van der Waals surface area contributed by atoms with Crippen molar-refractivity contribution >= 4 is 46.3 Å². The molecule has 3 rings (SSSR count). The van der Waals surface area contributed by atoms with Crippen molar-refractivity contribution in [3.05, 3.63) is 39.3 Å². The predicted molar refractivity (Wildman–Crippen MR) is 124 cm³/mol. The van der Waals surface area contributed by atoms with Crippen LogP contribution < -0.4 is 10.6 Å². The monoisotopic (exact) mass is 478 g/mol. The van der Waals surface area contributed by atoms with Gasteiger partial charge in [-0.05, 0) is 57.1 Å². The summed E-state index contributed by atoms with van der Waals surface area (Å²) in [6.45, 7) is 2.55. The average Bonchev–Trinajstić information content (AvgIpc) is 3.25. The molecule has 2 N–H and O–H groups in total.